The van der Waals surface area contributed by atoms with Crippen LogP contribution in [0.2, 0.25) is 0 Å². The number of phosphoric acid groups is 2. The van der Waals surface area contributed by atoms with Crippen molar-refractivity contribution >= 4 is 15.6 Å². The van der Waals surface area contributed by atoms with Gasteiger partial charge < -0.3 is 19.6 Å². The molecule has 0 atom stereocenters. The molecule has 0 heterocycles. The second kappa shape index (κ2) is 3.97. The van der Waals surface area contributed by atoms with Crippen LogP contribution in [-0.2, 0) is 30.5 Å². The van der Waals surface area contributed by atoms with Gasteiger partial charge in [0.25, 0.3) is 0 Å². The van der Waals surface area contributed by atoms with Gasteiger partial charge in [-0.1, -0.05) is 0 Å². The van der Waals surface area contributed by atoms with Crippen molar-refractivity contribution in [1.82, 2.24) is 0 Å². The van der Waals surface area contributed by atoms with Crippen molar-refractivity contribution in [1.29, 1.82) is 0 Å². The van der Waals surface area contributed by atoms with E-state index in [0.717, 1.165) is 0 Å². The summed E-state index contributed by atoms with van der Waals surface area (Å²) in [7, 11) is -10.1. The molecule has 61 valence electrons. The van der Waals surface area contributed by atoms with E-state index in [0.29, 0.717) is 0 Å². The van der Waals surface area contributed by atoms with Crippen molar-refractivity contribution in [2.75, 3.05) is 0 Å². The minimum atomic E-state index is -5.05. The summed E-state index contributed by atoms with van der Waals surface area (Å²) in [5.41, 5.74) is 0. The van der Waals surface area contributed by atoms with Gasteiger partial charge in [-0.2, -0.15) is 4.31 Å². The van der Waals surface area contributed by atoms with Crippen molar-refractivity contribution in [2.45, 2.75) is 0 Å². The summed E-state index contributed by atoms with van der Waals surface area (Å²) >= 11 is 0. The fourth-order valence-corrected chi connectivity index (χ4v) is 1.25. The Morgan fingerprint density at radius 1 is 0.900 bits per heavy atom. The predicted molar refractivity (Wildman–Crippen MR) is 25.2 cm³/mol. The van der Waals surface area contributed by atoms with E-state index in [1.165, 1.54) is 0 Å². The average molecular weight is 234 g/mol. The number of rotatable bonds is 2. The molecule has 0 bridgehead atoms. The van der Waals surface area contributed by atoms with Crippen LogP contribution < -0.4 is 0 Å². The van der Waals surface area contributed by atoms with Gasteiger partial charge in [0.1, 0.15) is 0 Å². The summed E-state index contributed by atoms with van der Waals surface area (Å²) in [6.45, 7) is 0. The molecular formula is H4FeO7P2+3. The quantitative estimate of drug-likeness (QED) is 0.363. The molecule has 4 N–H and O–H groups in total. The maximum absolute atomic E-state index is 9.63. The minimum absolute atomic E-state index is 0. The second-order valence-corrected chi connectivity index (χ2v) is 3.68. The molecule has 10 heavy (non-hydrogen) atoms. The van der Waals surface area contributed by atoms with E-state index < -0.39 is 15.6 Å². The van der Waals surface area contributed by atoms with Crippen LogP contribution in [0.4, 0.5) is 0 Å². The maximum atomic E-state index is 9.63. The van der Waals surface area contributed by atoms with Crippen molar-refractivity contribution in [3.63, 3.8) is 0 Å². The fraction of sp³-hybridized carbons (Fsp3) is 0. The molecule has 0 aliphatic heterocycles. The van der Waals surface area contributed by atoms with Crippen LogP contribution in [0.1, 0.15) is 0 Å². The van der Waals surface area contributed by atoms with E-state index in [-0.39, 0.29) is 17.1 Å². The summed E-state index contributed by atoms with van der Waals surface area (Å²) < 4.78 is 22.2. The van der Waals surface area contributed by atoms with E-state index in [1.54, 1.807) is 0 Å². The van der Waals surface area contributed by atoms with Gasteiger partial charge in [0.15, 0.2) is 0 Å². The molecule has 7 nitrogen and oxygen atoms in total. The number of hydrogen-bond acceptors (Lipinski definition) is 3. The van der Waals surface area contributed by atoms with Gasteiger partial charge in [-0.05, 0) is 0 Å². The third kappa shape index (κ3) is 11.6. The first-order chi connectivity index (χ1) is 3.71. The smallest absolute Gasteiger partial charge is 0.302 e. The zero-order valence-corrected chi connectivity index (χ0v) is 7.15. The average Bonchev–Trinajstić information content (AvgIpc) is 1.14. The van der Waals surface area contributed by atoms with Gasteiger partial charge in [-0.3, -0.25) is 0 Å². The number of hydrogen-bond donors (Lipinski definition) is 4. The molecule has 0 aromatic heterocycles. The van der Waals surface area contributed by atoms with Crippen molar-refractivity contribution in [3.05, 3.63) is 0 Å². The topological polar surface area (TPSA) is 124 Å². The zero-order chi connectivity index (χ0) is 7.71. The molecule has 1 radical (unpaired) electrons. The first-order valence-corrected chi connectivity index (χ1v) is 4.59. The van der Waals surface area contributed by atoms with Crippen LogP contribution in [0.5, 0.6) is 0 Å². The Balaban J connectivity index is 0. The summed E-state index contributed by atoms with van der Waals surface area (Å²) in [5, 5.41) is 0. The molecular weight excluding hydrogens is 230 g/mol. The van der Waals surface area contributed by atoms with E-state index in [1.807, 2.05) is 0 Å². The molecule has 0 amide bonds. The third-order valence-corrected chi connectivity index (χ3v) is 1.91. The van der Waals surface area contributed by atoms with Crippen LogP contribution in [-0.4, -0.2) is 19.6 Å². The Morgan fingerprint density at radius 3 is 1.10 bits per heavy atom. The normalized spacial score (nSPS) is 12.4. The maximum Gasteiger partial charge on any atom is 3.00 e. The molecule has 0 spiro atoms. The van der Waals surface area contributed by atoms with Crippen LogP contribution >= 0.6 is 15.6 Å². The minimum Gasteiger partial charge on any atom is -0.302 e. The largest absolute Gasteiger partial charge is 3.00 e. The molecule has 0 aliphatic carbocycles. The fourth-order valence-electron chi connectivity index (χ4n) is 0.139. The van der Waals surface area contributed by atoms with Gasteiger partial charge in [-0.25, -0.2) is 9.13 Å². The van der Waals surface area contributed by atoms with Gasteiger partial charge >= 0.3 is 32.7 Å². The van der Waals surface area contributed by atoms with Crippen LogP contribution in [0.15, 0.2) is 0 Å². The van der Waals surface area contributed by atoms with E-state index in [4.69, 9.17) is 19.6 Å². The summed E-state index contributed by atoms with van der Waals surface area (Å²) in [5.74, 6) is 0. The van der Waals surface area contributed by atoms with Crippen molar-refractivity contribution in [2.24, 2.45) is 0 Å². The molecule has 0 saturated heterocycles. The summed E-state index contributed by atoms with van der Waals surface area (Å²) in [6, 6.07) is 0. The first-order valence-electron chi connectivity index (χ1n) is 1.53. The molecule has 0 aromatic rings. The van der Waals surface area contributed by atoms with E-state index in [2.05, 4.69) is 4.31 Å². The summed E-state index contributed by atoms with van der Waals surface area (Å²) in [4.78, 5) is 31.0. The molecule has 0 aromatic carbocycles. The molecule has 0 unspecified atom stereocenters. The van der Waals surface area contributed by atoms with Gasteiger partial charge in [0.05, 0.1) is 0 Å². The predicted octanol–water partition coefficient (Wildman–Crippen LogP) is -0.814. The molecule has 0 rings (SSSR count). The molecule has 0 fully saturated rings. The van der Waals surface area contributed by atoms with Gasteiger partial charge in [0.2, 0.25) is 0 Å². The van der Waals surface area contributed by atoms with Crippen molar-refractivity contribution in [3.8, 4) is 0 Å². The van der Waals surface area contributed by atoms with Gasteiger partial charge in [0, 0.05) is 0 Å². The SMILES string of the molecule is O=P(O)(O)OP(=O)(O)O.[Fe+3]. The summed E-state index contributed by atoms with van der Waals surface area (Å²) in [6.07, 6.45) is 0. The van der Waals surface area contributed by atoms with Crippen LogP contribution in [0, 0.1) is 0 Å². The Bertz CT molecular complexity index is 152. The van der Waals surface area contributed by atoms with Crippen molar-refractivity contribution < 1.29 is 50.1 Å². The van der Waals surface area contributed by atoms with E-state index in [9.17, 15) is 9.13 Å². The Kier molecular flexibility index (Phi) is 5.31. The van der Waals surface area contributed by atoms with E-state index >= 15 is 0 Å². The monoisotopic (exact) mass is 234 g/mol. The molecule has 10 heteroatoms. The Hall–Kier alpha value is 0.779. The molecule has 0 aliphatic rings. The van der Waals surface area contributed by atoms with Crippen LogP contribution in [0.25, 0.3) is 0 Å². The van der Waals surface area contributed by atoms with Crippen LogP contribution in [0.3, 0.4) is 0 Å². The molecule has 0 saturated carbocycles. The Labute approximate surface area is 66.4 Å². The zero-order valence-electron chi connectivity index (χ0n) is 4.26. The second-order valence-electron chi connectivity index (χ2n) is 1.06. The Morgan fingerprint density at radius 2 is 1.10 bits per heavy atom. The standard InChI is InChI=1S/Fe.H4O7P2/c;1-8(2,3)7-9(4,5)6/h;(H2,1,2,3)(H2,4,5,6)/q+3;. The van der Waals surface area contributed by atoms with Gasteiger partial charge in [-0.15, -0.1) is 0 Å². The third-order valence-electron chi connectivity index (χ3n) is 0.213. The first kappa shape index (κ1) is 13.4.